The fourth-order valence-corrected chi connectivity index (χ4v) is 2.33. The number of pyridine rings is 1. The lowest BCUT2D eigenvalue weighted by Crippen LogP contribution is -2.46. The molecule has 1 aromatic heterocycles. The smallest absolute Gasteiger partial charge is 0.151 e. The first-order chi connectivity index (χ1) is 8.50. The van der Waals surface area contributed by atoms with Crippen molar-refractivity contribution in [1.82, 2.24) is 4.98 Å². The van der Waals surface area contributed by atoms with E-state index in [4.69, 9.17) is 10.5 Å². The lowest BCUT2D eigenvalue weighted by atomic mass is 9.94. The van der Waals surface area contributed by atoms with Gasteiger partial charge in [-0.2, -0.15) is 0 Å². The third kappa shape index (κ3) is 2.91. The molecule has 1 aliphatic heterocycles. The van der Waals surface area contributed by atoms with Crippen molar-refractivity contribution in [3.63, 3.8) is 0 Å². The Bertz CT molecular complexity index is 417. The van der Waals surface area contributed by atoms with Crippen LogP contribution in [0.1, 0.15) is 18.4 Å². The number of ether oxygens (including phenoxy) is 1. The van der Waals surface area contributed by atoms with Crippen LogP contribution in [0.3, 0.4) is 0 Å². The highest BCUT2D eigenvalue weighted by atomic mass is 16.5. The zero-order valence-electron chi connectivity index (χ0n) is 11.0. The Morgan fingerprint density at radius 1 is 1.50 bits per heavy atom. The van der Waals surface area contributed by atoms with E-state index < -0.39 is 5.60 Å². The molecule has 1 fully saturated rings. The monoisotopic (exact) mass is 251 g/mol. The molecular weight excluding hydrogens is 230 g/mol. The number of nitrogen functional groups attached to an aromatic ring is 1. The van der Waals surface area contributed by atoms with Crippen molar-refractivity contribution in [3.05, 3.63) is 17.8 Å². The summed E-state index contributed by atoms with van der Waals surface area (Å²) in [6.45, 7) is 3.71. The van der Waals surface area contributed by atoms with Gasteiger partial charge in [-0.3, -0.25) is 0 Å². The van der Waals surface area contributed by atoms with Crippen LogP contribution in [-0.4, -0.2) is 42.5 Å². The number of aromatic nitrogens is 1. The minimum Gasteiger partial charge on any atom is -0.396 e. The Balaban J connectivity index is 2.08. The number of hydrogen-bond acceptors (Lipinski definition) is 5. The van der Waals surface area contributed by atoms with Crippen LogP contribution in [0, 0.1) is 6.92 Å². The topological polar surface area (TPSA) is 71.6 Å². The SMILES string of the molecule is Cc1cnc(N(C)CC2(O)CCOCC2)c(N)c1. The number of nitrogens with two attached hydrogens (primary N) is 1. The molecule has 5 nitrogen and oxygen atoms in total. The lowest BCUT2D eigenvalue weighted by Gasteiger charge is -2.36. The molecule has 2 heterocycles. The summed E-state index contributed by atoms with van der Waals surface area (Å²) in [6.07, 6.45) is 3.10. The number of likely N-dealkylation sites (N-methyl/N-ethyl adjacent to an activating group) is 1. The maximum Gasteiger partial charge on any atom is 0.151 e. The Kier molecular flexibility index (Phi) is 3.73. The maximum atomic E-state index is 10.5. The first-order valence-corrected chi connectivity index (χ1v) is 6.24. The van der Waals surface area contributed by atoms with E-state index >= 15 is 0 Å². The highest BCUT2D eigenvalue weighted by Crippen LogP contribution is 2.26. The molecular formula is C13H21N3O2. The number of aliphatic hydroxyl groups is 1. The maximum absolute atomic E-state index is 10.5. The molecule has 18 heavy (non-hydrogen) atoms. The van der Waals surface area contributed by atoms with Gasteiger partial charge in [0.05, 0.1) is 11.3 Å². The van der Waals surface area contributed by atoms with Gasteiger partial charge in [-0.1, -0.05) is 0 Å². The van der Waals surface area contributed by atoms with Crippen molar-refractivity contribution in [1.29, 1.82) is 0 Å². The Morgan fingerprint density at radius 2 is 2.17 bits per heavy atom. The Labute approximate surface area is 108 Å². The van der Waals surface area contributed by atoms with E-state index in [0.717, 1.165) is 11.4 Å². The summed E-state index contributed by atoms with van der Waals surface area (Å²) >= 11 is 0. The number of rotatable bonds is 3. The van der Waals surface area contributed by atoms with E-state index in [2.05, 4.69) is 4.98 Å². The molecule has 0 radical (unpaired) electrons. The summed E-state index contributed by atoms with van der Waals surface area (Å²) in [4.78, 5) is 6.25. The van der Waals surface area contributed by atoms with Gasteiger partial charge in [0, 0.05) is 45.8 Å². The van der Waals surface area contributed by atoms with E-state index in [-0.39, 0.29) is 0 Å². The first kappa shape index (κ1) is 13.1. The van der Waals surface area contributed by atoms with Crippen LogP contribution >= 0.6 is 0 Å². The molecule has 100 valence electrons. The van der Waals surface area contributed by atoms with Gasteiger partial charge in [-0.05, 0) is 18.6 Å². The zero-order chi connectivity index (χ0) is 13.2. The second-order valence-electron chi connectivity index (χ2n) is 5.12. The van der Waals surface area contributed by atoms with E-state index in [1.54, 1.807) is 6.20 Å². The molecule has 2 rings (SSSR count). The van der Waals surface area contributed by atoms with Gasteiger partial charge >= 0.3 is 0 Å². The van der Waals surface area contributed by atoms with Crippen LogP contribution in [0.4, 0.5) is 11.5 Å². The molecule has 3 N–H and O–H groups in total. The summed E-state index contributed by atoms with van der Waals surface area (Å²) in [5.74, 6) is 0.723. The Morgan fingerprint density at radius 3 is 2.78 bits per heavy atom. The lowest BCUT2D eigenvalue weighted by molar-refractivity contribution is -0.0573. The molecule has 0 spiro atoms. The van der Waals surface area contributed by atoms with Gasteiger partial charge in [-0.25, -0.2) is 4.98 Å². The van der Waals surface area contributed by atoms with Crippen LogP contribution < -0.4 is 10.6 Å². The quantitative estimate of drug-likeness (QED) is 0.837. The molecule has 1 aromatic rings. The molecule has 1 aliphatic rings. The predicted molar refractivity (Wildman–Crippen MR) is 71.7 cm³/mol. The largest absolute Gasteiger partial charge is 0.396 e. The van der Waals surface area contributed by atoms with Gasteiger partial charge in [0.25, 0.3) is 0 Å². The number of nitrogens with zero attached hydrogens (tertiary/aromatic N) is 2. The minimum absolute atomic E-state index is 0.524. The number of aryl methyl sites for hydroxylation is 1. The summed E-state index contributed by atoms with van der Waals surface area (Å²) < 4.78 is 5.27. The molecule has 0 bridgehead atoms. The molecule has 5 heteroatoms. The van der Waals surface area contributed by atoms with Gasteiger partial charge in [-0.15, -0.1) is 0 Å². The van der Waals surface area contributed by atoms with Crippen molar-refractivity contribution in [2.45, 2.75) is 25.4 Å². The first-order valence-electron chi connectivity index (χ1n) is 6.24. The van der Waals surface area contributed by atoms with Gasteiger partial charge < -0.3 is 20.5 Å². The fourth-order valence-electron chi connectivity index (χ4n) is 2.33. The molecule has 0 amide bonds. The van der Waals surface area contributed by atoms with Crippen molar-refractivity contribution in [2.24, 2.45) is 0 Å². The van der Waals surface area contributed by atoms with E-state index in [1.807, 2.05) is 24.9 Å². The highest BCUT2D eigenvalue weighted by molar-refractivity contribution is 5.63. The van der Waals surface area contributed by atoms with Crippen LogP contribution in [0.25, 0.3) is 0 Å². The predicted octanol–water partition coefficient (Wildman–Crippen LogP) is 0.950. The number of hydrogen-bond donors (Lipinski definition) is 2. The summed E-state index contributed by atoms with van der Waals surface area (Å²) in [6, 6.07) is 1.90. The molecule has 0 aliphatic carbocycles. The van der Waals surface area contributed by atoms with Crippen molar-refractivity contribution >= 4 is 11.5 Å². The summed E-state index contributed by atoms with van der Waals surface area (Å²) in [5.41, 5.74) is 6.94. The molecule has 1 saturated heterocycles. The van der Waals surface area contributed by atoms with E-state index in [1.165, 1.54) is 0 Å². The summed E-state index contributed by atoms with van der Waals surface area (Å²) in [5, 5.41) is 10.5. The van der Waals surface area contributed by atoms with Gasteiger partial charge in [0.1, 0.15) is 0 Å². The average molecular weight is 251 g/mol. The van der Waals surface area contributed by atoms with Crippen LogP contribution in [0.2, 0.25) is 0 Å². The van der Waals surface area contributed by atoms with E-state index in [0.29, 0.717) is 38.3 Å². The molecule has 0 aromatic carbocycles. The van der Waals surface area contributed by atoms with Gasteiger partial charge in [0.15, 0.2) is 5.82 Å². The Hall–Kier alpha value is -1.33. The average Bonchev–Trinajstić information content (AvgIpc) is 2.28. The summed E-state index contributed by atoms with van der Waals surface area (Å²) in [7, 11) is 1.90. The normalized spacial score (nSPS) is 18.6. The fraction of sp³-hybridized carbons (Fsp3) is 0.615. The second kappa shape index (κ2) is 5.12. The van der Waals surface area contributed by atoms with Crippen LogP contribution in [0.15, 0.2) is 12.3 Å². The molecule has 0 atom stereocenters. The minimum atomic E-state index is -0.702. The van der Waals surface area contributed by atoms with E-state index in [9.17, 15) is 5.11 Å². The van der Waals surface area contributed by atoms with Gasteiger partial charge in [0.2, 0.25) is 0 Å². The molecule has 0 saturated carbocycles. The second-order valence-corrected chi connectivity index (χ2v) is 5.12. The van der Waals surface area contributed by atoms with Crippen molar-refractivity contribution in [2.75, 3.05) is 37.4 Å². The van der Waals surface area contributed by atoms with Crippen molar-refractivity contribution < 1.29 is 9.84 Å². The molecule has 0 unspecified atom stereocenters. The number of anilines is 2. The third-order valence-corrected chi connectivity index (χ3v) is 3.35. The van der Waals surface area contributed by atoms with Crippen LogP contribution in [-0.2, 0) is 4.74 Å². The van der Waals surface area contributed by atoms with Crippen LogP contribution in [0.5, 0.6) is 0 Å². The third-order valence-electron chi connectivity index (χ3n) is 3.35. The zero-order valence-corrected chi connectivity index (χ0v) is 11.0. The highest BCUT2D eigenvalue weighted by Gasteiger charge is 2.31. The standard InChI is InChI=1S/C13H21N3O2/c1-10-7-11(14)12(15-8-10)16(2)9-13(17)3-5-18-6-4-13/h7-8,17H,3-6,9,14H2,1-2H3. The van der Waals surface area contributed by atoms with Crippen molar-refractivity contribution in [3.8, 4) is 0 Å².